The Labute approximate surface area is 146 Å². The van der Waals surface area contributed by atoms with E-state index in [-0.39, 0.29) is 9.93 Å². The summed E-state index contributed by atoms with van der Waals surface area (Å²) in [5.41, 5.74) is 0.892. The molecule has 0 aliphatic rings. The first-order valence-electron chi connectivity index (χ1n) is 8.02. The number of rotatable bonds is 4. The van der Waals surface area contributed by atoms with E-state index in [1.807, 2.05) is 30.3 Å². The van der Waals surface area contributed by atoms with Crippen molar-refractivity contribution in [3.63, 3.8) is 0 Å². The molecule has 0 bridgehead atoms. The molecule has 0 N–H and O–H groups in total. The maximum absolute atomic E-state index is 12.8. The second-order valence-corrected chi connectivity index (χ2v) is 14.3. The van der Waals surface area contributed by atoms with E-state index < -0.39 is 18.1 Å². The average molecular weight is 360 g/mol. The Kier molecular flexibility index (Phi) is 5.16. The zero-order valence-electron chi connectivity index (χ0n) is 14.9. The first kappa shape index (κ1) is 18.6. The summed E-state index contributed by atoms with van der Waals surface area (Å²) in [7, 11) is -5.88. The number of sulfonamides is 1. The number of nitrogens with zero attached hydrogens (tertiary/aromatic N) is 1. The standard InChI is InChI=1S/C19H25NO2SSi/c1-19(2,3)24(4,5)18(16-12-8-6-9-13-16)20-23(21,22)17-14-10-7-11-15-17/h6-15H,1-5H3/b20-18-. The minimum atomic E-state index is -3.73. The van der Waals surface area contributed by atoms with Crippen LogP contribution in [-0.4, -0.2) is 21.8 Å². The van der Waals surface area contributed by atoms with Gasteiger partial charge in [-0.05, 0) is 22.7 Å². The fraction of sp³-hybridized carbons (Fsp3) is 0.316. The molecular weight excluding hydrogens is 334 g/mol. The van der Waals surface area contributed by atoms with E-state index in [1.54, 1.807) is 30.3 Å². The van der Waals surface area contributed by atoms with Crippen LogP contribution in [0.5, 0.6) is 0 Å². The Hall–Kier alpha value is -1.72. The second kappa shape index (κ2) is 6.65. The number of benzene rings is 2. The molecule has 0 aliphatic heterocycles. The van der Waals surface area contributed by atoms with E-state index in [9.17, 15) is 8.42 Å². The SMILES string of the molecule is CC(C)(C)[Si](C)(C)/C(=N\S(=O)(=O)c1ccccc1)c1ccccc1. The van der Waals surface area contributed by atoms with E-state index in [0.29, 0.717) is 0 Å². The predicted octanol–water partition coefficient (Wildman–Crippen LogP) is 4.91. The Balaban J connectivity index is 2.68. The molecule has 0 unspecified atom stereocenters. The lowest BCUT2D eigenvalue weighted by Gasteiger charge is -2.37. The maximum Gasteiger partial charge on any atom is 0.282 e. The van der Waals surface area contributed by atoms with Crippen molar-refractivity contribution in [2.45, 2.75) is 43.8 Å². The zero-order valence-corrected chi connectivity index (χ0v) is 16.8. The van der Waals surface area contributed by atoms with Gasteiger partial charge in [0.05, 0.1) is 4.90 Å². The summed E-state index contributed by atoms with van der Waals surface area (Å²) >= 11 is 0. The molecule has 2 aromatic rings. The van der Waals surface area contributed by atoms with Gasteiger partial charge in [-0.2, -0.15) is 12.8 Å². The molecule has 0 saturated heterocycles. The quantitative estimate of drug-likeness (QED) is 0.575. The van der Waals surface area contributed by atoms with Crippen molar-refractivity contribution in [2.75, 3.05) is 0 Å². The zero-order chi connectivity index (χ0) is 18.0. The van der Waals surface area contributed by atoms with Gasteiger partial charge in [0.2, 0.25) is 0 Å². The lowest BCUT2D eigenvalue weighted by molar-refractivity contribution is 0.598. The second-order valence-electron chi connectivity index (χ2n) is 7.47. The molecule has 24 heavy (non-hydrogen) atoms. The molecule has 0 heterocycles. The van der Waals surface area contributed by atoms with Gasteiger partial charge < -0.3 is 0 Å². The smallest absolute Gasteiger partial charge is 0.199 e. The fourth-order valence-electron chi connectivity index (χ4n) is 2.24. The van der Waals surface area contributed by atoms with Crippen molar-refractivity contribution in [2.24, 2.45) is 4.40 Å². The van der Waals surface area contributed by atoms with Gasteiger partial charge in [0, 0.05) is 5.33 Å². The molecule has 0 amide bonds. The van der Waals surface area contributed by atoms with Crippen LogP contribution in [0.3, 0.4) is 0 Å². The third kappa shape index (κ3) is 3.84. The van der Waals surface area contributed by atoms with E-state index in [0.717, 1.165) is 10.9 Å². The number of hydrogen-bond acceptors (Lipinski definition) is 2. The maximum atomic E-state index is 12.8. The van der Waals surface area contributed by atoms with Gasteiger partial charge in [-0.1, -0.05) is 82.4 Å². The van der Waals surface area contributed by atoms with Crippen molar-refractivity contribution in [1.82, 2.24) is 0 Å². The van der Waals surface area contributed by atoms with Gasteiger partial charge in [-0.3, -0.25) is 0 Å². The molecule has 0 fully saturated rings. The van der Waals surface area contributed by atoms with E-state index in [4.69, 9.17) is 0 Å². The highest BCUT2D eigenvalue weighted by atomic mass is 32.2. The Morgan fingerprint density at radius 2 is 1.33 bits per heavy atom. The van der Waals surface area contributed by atoms with Crippen LogP contribution < -0.4 is 0 Å². The van der Waals surface area contributed by atoms with Crippen molar-refractivity contribution < 1.29 is 8.42 Å². The Morgan fingerprint density at radius 3 is 1.79 bits per heavy atom. The molecule has 5 heteroatoms. The van der Waals surface area contributed by atoms with Crippen LogP contribution >= 0.6 is 0 Å². The minimum absolute atomic E-state index is 0.0200. The number of hydrogen-bond donors (Lipinski definition) is 0. The Morgan fingerprint density at radius 1 is 0.875 bits per heavy atom. The molecule has 0 aliphatic carbocycles. The summed E-state index contributed by atoms with van der Waals surface area (Å²) in [4.78, 5) is 0.233. The molecule has 0 saturated carbocycles. The lowest BCUT2D eigenvalue weighted by atomic mass is 10.2. The van der Waals surface area contributed by atoms with Gasteiger partial charge in [-0.25, -0.2) is 0 Å². The monoisotopic (exact) mass is 359 g/mol. The van der Waals surface area contributed by atoms with Crippen molar-refractivity contribution >= 4 is 23.4 Å². The topological polar surface area (TPSA) is 46.5 Å². The summed E-state index contributed by atoms with van der Waals surface area (Å²) in [5.74, 6) is 0. The summed E-state index contributed by atoms with van der Waals surface area (Å²) in [6.45, 7) is 10.8. The summed E-state index contributed by atoms with van der Waals surface area (Å²) in [5, 5.41) is 0.702. The fourth-order valence-corrected chi connectivity index (χ4v) is 6.07. The molecular formula is C19H25NO2SSi. The van der Waals surface area contributed by atoms with Crippen LogP contribution in [0, 0.1) is 0 Å². The van der Waals surface area contributed by atoms with E-state index in [2.05, 4.69) is 38.3 Å². The molecule has 2 aromatic carbocycles. The highest BCUT2D eigenvalue weighted by molar-refractivity contribution is 7.90. The molecule has 3 nitrogen and oxygen atoms in total. The van der Waals surface area contributed by atoms with E-state index >= 15 is 0 Å². The molecule has 0 radical (unpaired) electrons. The predicted molar refractivity (Wildman–Crippen MR) is 104 cm³/mol. The van der Waals surface area contributed by atoms with Crippen molar-refractivity contribution in [3.8, 4) is 0 Å². The van der Waals surface area contributed by atoms with Crippen LogP contribution in [-0.2, 0) is 10.0 Å². The largest absolute Gasteiger partial charge is 0.282 e. The summed E-state index contributed by atoms with van der Waals surface area (Å²) in [6, 6.07) is 18.1. The first-order chi connectivity index (χ1) is 11.1. The Bertz CT molecular complexity index is 821. The van der Waals surface area contributed by atoms with Crippen LogP contribution in [0.15, 0.2) is 70.0 Å². The first-order valence-corrected chi connectivity index (χ1v) is 12.5. The van der Waals surface area contributed by atoms with E-state index in [1.165, 1.54) is 0 Å². The van der Waals surface area contributed by atoms with Gasteiger partial charge >= 0.3 is 0 Å². The molecule has 2 rings (SSSR count). The lowest BCUT2D eigenvalue weighted by Crippen LogP contribution is -2.47. The van der Waals surface area contributed by atoms with Crippen LogP contribution in [0.2, 0.25) is 18.1 Å². The molecule has 128 valence electrons. The normalized spacial score (nSPS) is 13.8. The summed E-state index contributed by atoms with van der Waals surface area (Å²) < 4.78 is 30.0. The van der Waals surface area contributed by atoms with Gasteiger partial charge in [0.1, 0.15) is 8.07 Å². The van der Waals surface area contributed by atoms with Crippen LogP contribution in [0.25, 0.3) is 0 Å². The van der Waals surface area contributed by atoms with Crippen LogP contribution in [0.1, 0.15) is 26.3 Å². The van der Waals surface area contributed by atoms with Gasteiger partial charge in [0.15, 0.2) is 0 Å². The van der Waals surface area contributed by atoms with Gasteiger partial charge in [-0.15, -0.1) is 0 Å². The minimum Gasteiger partial charge on any atom is -0.199 e. The summed E-state index contributed by atoms with van der Waals surface area (Å²) in [6.07, 6.45) is 0. The van der Waals surface area contributed by atoms with Gasteiger partial charge in [0.25, 0.3) is 10.0 Å². The highest BCUT2D eigenvalue weighted by Gasteiger charge is 2.41. The molecule has 0 aromatic heterocycles. The molecule has 0 atom stereocenters. The van der Waals surface area contributed by atoms with Crippen molar-refractivity contribution in [1.29, 1.82) is 0 Å². The molecule has 0 spiro atoms. The highest BCUT2D eigenvalue weighted by Crippen LogP contribution is 2.39. The van der Waals surface area contributed by atoms with Crippen molar-refractivity contribution in [3.05, 3.63) is 66.2 Å². The average Bonchev–Trinajstić information content (AvgIpc) is 2.53. The van der Waals surface area contributed by atoms with Crippen LogP contribution in [0.4, 0.5) is 0 Å². The third-order valence-electron chi connectivity index (χ3n) is 4.77. The third-order valence-corrected chi connectivity index (χ3v) is 11.6.